The molecule has 3 aromatic carbocycles. The van der Waals surface area contributed by atoms with Crippen molar-refractivity contribution < 1.29 is 9.53 Å². The van der Waals surface area contributed by atoms with E-state index in [1.165, 1.54) is 0 Å². The highest BCUT2D eigenvalue weighted by atomic mass is 35.5. The zero-order valence-electron chi connectivity index (χ0n) is 15.4. The van der Waals surface area contributed by atoms with Gasteiger partial charge in [-0.3, -0.25) is 4.68 Å². The van der Waals surface area contributed by atoms with Gasteiger partial charge in [-0.2, -0.15) is 5.10 Å². The lowest BCUT2D eigenvalue weighted by Gasteiger charge is -2.10. The lowest BCUT2D eigenvalue weighted by atomic mass is 10.1. The molecule has 0 bridgehead atoms. The smallest absolute Gasteiger partial charge is 0.338 e. The normalized spacial score (nSPS) is 10.9. The molecule has 0 saturated carbocycles. The number of benzene rings is 3. The summed E-state index contributed by atoms with van der Waals surface area (Å²) in [5.41, 5.74) is 4.42. The summed E-state index contributed by atoms with van der Waals surface area (Å²) < 4.78 is 7.04. The van der Waals surface area contributed by atoms with Crippen molar-refractivity contribution >= 4 is 28.5 Å². The number of hydrogen-bond donors (Lipinski definition) is 0. The van der Waals surface area contributed by atoms with Crippen LogP contribution in [-0.2, 0) is 11.3 Å². The average Bonchev–Trinajstić information content (AvgIpc) is 3.08. The number of ether oxygens (including phenoxy) is 1. The number of fused-ring (bicyclic) bond motifs is 1. The van der Waals surface area contributed by atoms with Crippen molar-refractivity contribution in [1.82, 2.24) is 9.78 Å². The Balaban J connectivity index is 1.79. The first kappa shape index (κ1) is 18.3. The molecule has 140 valence electrons. The Kier molecular flexibility index (Phi) is 5.13. The highest BCUT2D eigenvalue weighted by Crippen LogP contribution is 2.30. The Morgan fingerprint density at radius 2 is 1.71 bits per heavy atom. The third-order valence-corrected chi connectivity index (χ3v) is 4.96. The molecule has 0 aliphatic carbocycles. The van der Waals surface area contributed by atoms with E-state index < -0.39 is 0 Å². The van der Waals surface area contributed by atoms with Gasteiger partial charge in [-0.1, -0.05) is 60.1 Å². The SMILES string of the molecule is CCOC(=O)c1ccc(-c2c3ccccc3nn2Cc2ccccc2Cl)cc1. The van der Waals surface area contributed by atoms with Crippen LogP contribution in [0.3, 0.4) is 0 Å². The van der Waals surface area contributed by atoms with Gasteiger partial charge in [0.1, 0.15) is 0 Å². The van der Waals surface area contributed by atoms with E-state index in [2.05, 4.69) is 6.07 Å². The summed E-state index contributed by atoms with van der Waals surface area (Å²) in [5, 5.41) is 6.55. The van der Waals surface area contributed by atoms with Crippen LogP contribution in [0.4, 0.5) is 0 Å². The fourth-order valence-electron chi connectivity index (χ4n) is 3.27. The Labute approximate surface area is 168 Å². The van der Waals surface area contributed by atoms with E-state index in [0.717, 1.165) is 27.7 Å². The highest BCUT2D eigenvalue weighted by molar-refractivity contribution is 6.31. The molecule has 0 atom stereocenters. The van der Waals surface area contributed by atoms with Crippen molar-refractivity contribution in [1.29, 1.82) is 0 Å². The van der Waals surface area contributed by atoms with Crippen LogP contribution in [0.5, 0.6) is 0 Å². The van der Waals surface area contributed by atoms with Gasteiger partial charge in [0.25, 0.3) is 0 Å². The molecule has 4 nitrogen and oxygen atoms in total. The third kappa shape index (κ3) is 3.51. The molecule has 28 heavy (non-hydrogen) atoms. The number of nitrogens with zero attached hydrogens (tertiary/aromatic N) is 2. The van der Waals surface area contributed by atoms with Crippen LogP contribution in [-0.4, -0.2) is 22.4 Å². The predicted octanol–water partition coefficient (Wildman–Crippen LogP) is 5.58. The average molecular weight is 391 g/mol. The second kappa shape index (κ2) is 7.87. The van der Waals surface area contributed by atoms with E-state index in [1.54, 1.807) is 19.1 Å². The van der Waals surface area contributed by atoms with Crippen molar-refractivity contribution in [3.63, 3.8) is 0 Å². The van der Waals surface area contributed by atoms with Gasteiger partial charge < -0.3 is 4.74 Å². The molecule has 0 radical (unpaired) electrons. The molecule has 1 aromatic heterocycles. The van der Waals surface area contributed by atoms with Crippen LogP contribution in [0.15, 0.2) is 72.8 Å². The molecule has 4 rings (SSSR count). The molecule has 0 N–H and O–H groups in total. The first-order chi connectivity index (χ1) is 13.7. The molecule has 0 unspecified atom stereocenters. The lowest BCUT2D eigenvalue weighted by Crippen LogP contribution is -2.06. The van der Waals surface area contributed by atoms with E-state index in [1.807, 2.05) is 59.3 Å². The molecule has 0 amide bonds. The number of esters is 1. The van der Waals surface area contributed by atoms with Crippen LogP contribution in [0.1, 0.15) is 22.8 Å². The number of rotatable bonds is 5. The van der Waals surface area contributed by atoms with E-state index in [0.29, 0.717) is 23.7 Å². The van der Waals surface area contributed by atoms with Crippen molar-refractivity contribution in [2.24, 2.45) is 0 Å². The minimum absolute atomic E-state index is 0.316. The lowest BCUT2D eigenvalue weighted by molar-refractivity contribution is 0.0526. The van der Waals surface area contributed by atoms with Crippen molar-refractivity contribution in [2.75, 3.05) is 6.61 Å². The zero-order chi connectivity index (χ0) is 19.5. The Hall–Kier alpha value is -3.11. The van der Waals surface area contributed by atoms with Crippen LogP contribution >= 0.6 is 11.6 Å². The summed E-state index contributed by atoms with van der Waals surface area (Å²) in [7, 11) is 0. The number of carbonyl (C=O) groups excluding carboxylic acids is 1. The largest absolute Gasteiger partial charge is 0.462 e. The Morgan fingerprint density at radius 3 is 2.46 bits per heavy atom. The van der Waals surface area contributed by atoms with Gasteiger partial charge in [-0.15, -0.1) is 0 Å². The van der Waals surface area contributed by atoms with E-state index >= 15 is 0 Å². The maximum atomic E-state index is 11.9. The van der Waals surface area contributed by atoms with Crippen molar-refractivity contribution in [3.8, 4) is 11.3 Å². The molecular weight excluding hydrogens is 372 g/mol. The molecule has 0 aliphatic heterocycles. The molecule has 0 aliphatic rings. The first-order valence-corrected chi connectivity index (χ1v) is 9.51. The third-order valence-electron chi connectivity index (χ3n) is 4.59. The fraction of sp³-hybridized carbons (Fsp3) is 0.130. The zero-order valence-corrected chi connectivity index (χ0v) is 16.2. The van der Waals surface area contributed by atoms with Gasteiger partial charge in [0, 0.05) is 16.0 Å². The van der Waals surface area contributed by atoms with E-state index in [9.17, 15) is 4.79 Å². The maximum absolute atomic E-state index is 11.9. The summed E-state index contributed by atoms with van der Waals surface area (Å²) in [6.45, 7) is 2.71. The predicted molar refractivity (Wildman–Crippen MR) is 112 cm³/mol. The fourth-order valence-corrected chi connectivity index (χ4v) is 3.46. The standard InChI is InChI=1S/C23H19ClN2O2/c1-2-28-23(27)17-13-11-16(12-14-17)22-19-8-4-6-10-21(19)25-26(22)15-18-7-3-5-9-20(18)24/h3-14H,2,15H2,1H3. The summed E-state index contributed by atoms with van der Waals surface area (Å²) in [4.78, 5) is 11.9. The minimum atomic E-state index is -0.316. The van der Waals surface area contributed by atoms with Crippen LogP contribution in [0.2, 0.25) is 5.02 Å². The minimum Gasteiger partial charge on any atom is -0.462 e. The van der Waals surface area contributed by atoms with Crippen molar-refractivity contribution in [2.45, 2.75) is 13.5 Å². The van der Waals surface area contributed by atoms with E-state index in [-0.39, 0.29) is 5.97 Å². The topological polar surface area (TPSA) is 44.1 Å². The van der Waals surface area contributed by atoms with Crippen LogP contribution < -0.4 is 0 Å². The second-order valence-corrected chi connectivity index (χ2v) is 6.82. The molecule has 5 heteroatoms. The summed E-state index contributed by atoms with van der Waals surface area (Å²) in [6.07, 6.45) is 0. The Morgan fingerprint density at radius 1 is 1.00 bits per heavy atom. The van der Waals surface area contributed by atoms with Gasteiger partial charge in [0.2, 0.25) is 0 Å². The number of hydrogen-bond acceptors (Lipinski definition) is 3. The van der Waals surface area contributed by atoms with Gasteiger partial charge in [-0.05, 0) is 36.8 Å². The monoisotopic (exact) mass is 390 g/mol. The number of carbonyl (C=O) groups is 1. The van der Waals surface area contributed by atoms with E-state index in [4.69, 9.17) is 21.4 Å². The molecule has 0 fully saturated rings. The van der Waals surface area contributed by atoms with Gasteiger partial charge in [-0.25, -0.2) is 4.79 Å². The number of halogens is 1. The van der Waals surface area contributed by atoms with Crippen molar-refractivity contribution in [3.05, 3.63) is 88.9 Å². The molecule has 1 heterocycles. The molecule has 0 spiro atoms. The maximum Gasteiger partial charge on any atom is 0.338 e. The van der Waals surface area contributed by atoms with Gasteiger partial charge in [0.05, 0.1) is 29.9 Å². The summed E-state index contributed by atoms with van der Waals surface area (Å²) in [6, 6.07) is 23.2. The first-order valence-electron chi connectivity index (χ1n) is 9.14. The van der Waals surface area contributed by atoms with Gasteiger partial charge in [0.15, 0.2) is 0 Å². The molecule has 0 saturated heterocycles. The van der Waals surface area contributed by atoms with Crippen LogP contribution in [0, 0.1) is 0 Å². The number of aromatic nitrogens is 2. The molecule has 4 aromatic rings. The quantitative estimate of drug-likeness (QED) is 0.418. The van der Waals surface area contributed by atoms with Gasteiger partial charge >= 0.3 is 5.97 Å². The highest BCUT2D eigenvalue weighted by Gasteiger charge is 2.15. The Bertz CT molecular complexity index is 1130. The second-order valence-electron chi connectivity index (χ2n) is 6.41. The summed E-state index contributed by atoms with van der Waals surface area (Å²) >= 11 is 6.36. The summed E-state index contributed by atoms with van der Waals surface area (Å²) in [5.74, 6) is -0.316. The van der Waals surface area contributed by atoms with Crippen LogP contribution in [0.25, 0.3) is 22.2 Å². The molecular formula is C23H19ClN2O2.